The standard InChI is InChI=1S/C13H12ClN3O3/c1-7-8(4-5-10(18)19)13(20)17-12(16-7)11-9(14)3-2-6-15-11/h2-3,6H,4-5H2,1H3,(H,18,19)(H,16,17,20). The Labute approximate surface area is 119 Å². The molecule has 0 aliphatic rings. The molecule has 0 aliphatic heterocycles. The van der Waals surface area contributed by atoms with Gasteiger partial charge in [-0.1, -0.05) is 11.6 Å². The highest BCUT2D eigenvalue weighted by atomic mass is 35.5. The third-order valence-corrected chi connectivity index (χ3v) is 3.10. The summed E-state index contributed by atoms with van der Waals surface area (Å²) in [7, 11) is 0. The molecule has 0 aromatic carbocycles. The lowest BCUT2D eigenvalue weighted by Crippen LogP contribution is -2.18. The van der Waals surface area contributed by atoms with Gasteiger partial charge in [-0.15, -0.1) is 0 Å². The molecule has 2 rings (SSSR count). The Morgan fingerprint density at radius 3 is 2.85 bits per heavy atom. The van der Waals surface area contributed by atoms with Gasteiger partial charge in [0, 0.05) is 23.9 Å². The van der Waals surface area contributed by atoms with Gasteiger partial charge in [0.05, 0.1) is 5.02 Å². The van der Waals surface area contributed by atoms with E-state index in [-0.39, 0.29) is 24.2 Å². The van der Waals surface area contributed by atoms with Crippen molar-refractivity contribution in [3.8, 4) is 11.5 Å². The minimum Gasteiger partial charge on any atom is -0.481 e. The average Bonchev–Trinajstić information content (AvgIpc) is 2.37. The van der Waals surface area contributed by atoms with Crippen LogP contribution >= 0.6 is 11.6 Å². The topological polar surface area (TPSA) is 95.9 Å². The monoisotopic (exact) mass is 293 g/mol. The Bertz CT molecular complexity index is 712. The van der Waals surface area contributed by atoms with Crippen molar-refractivity contribution in [2.45, 2.75) is 19.8 Å². The smallest absolute Gasteiger partial charge is 0.303 e. The number of aromatic nitrogens is 3. The van der Waals surface area contributed by atoms with Crippen LogP contribution in [-0.4, -0.2) is 26.0 Å². The number of hydrogen-bond acceptors (Lipinski definition) is 4. The number of carbonyl (C=O) groups is 1. The fourth-order valence-electron chi connectivity index (χ4n) is 1.81. The SMILES string of the molecule is Cc1nc(-c2ncccc2Cl)[nH]c(=O)c1CCC(=O)O. The number of aliphatic carboxylic acids is 1. The van der Waals surface area contributed by atoms with Crippen molar-refractivity contribution >= 4 is 17.6 Å². The first kappa shape index (κ1) is 14.2. The molecule has 0 unspecified atom stereocenters. The van der Waals surface area contributed by atoms with Crippen molar-refractivity contribution in [1.29, 1.82) is 0 Å². The second-order valence-corrected chi connectivity index (χ2v) is 4.61. The Morgan fingerprint density at radius 1 is 1.50 bits per heavy atom. The van der Waals surface area contributed by atoms with E-state index in [0.717, 1.165) is 0 Å². The Hall–Kier alpha value is -2.21. The molecule has 20 heavy (non-hydrogen) atoms. The molecule has 0 atom stereocenters. The van der Waals surface area contributed by atoms with Gasteiger partial charge in [0.1, 0.15) is 5.69 Å². The normalized spacial score (nSPS) is 10.5. The number of halogens is 1. The number of hydrogen-bond donors (Lipinski definition) is 2. The molecule has 2 heterocycles. The van der Waals surface area contributed by atoms with Crippen LogP contribution in [0.3, 0.4) is 0 Å². The van der Waals surface area contributed by atoms with Gasteiger partial charge in [-0.05, 0) is 25.5 Å². The predicted octanol–water partition coefficient (Wildman–Crippen LogP) is 1.81. The number of aromatic amines is 1. The fourth-order valence-corrected chi connectivity index (χ4v) is 2.02. The van der Waals surface area contributed by atoms with Crippen LogP contribution in [0.4, 0.5) is 0 Å². The molecule has 0 radical (unpaired) electrons. The second kappa shape index (κ2) is 5.83. The van der Waals surface area contributed by atoms with E-state index in [0.29, 0.717) is 22.0 Å². The highest BCUT2D eigenvalue weighted by Gasteiger charge is 2.13. The average molecular weight is 294 g/mol. The molecule has 0 saturated carbocycles. The number of carboxylic acids is 1. The van der Waals surface area contributed by atoms with Crippen molar-refractivity contribution in [1.82, 2.24) is 15.0 Å². The van der Waals surface area contributed by atoms with Crippen LogP contribution in [0.5, 0.6) is 0 Å². The van der Waals surface area contributed by atoms with Crippen molar-refractivity contribution in [3.05, 3.63) is 45.0 Å². The van der Waals surface area contributed by atoms with Crippen LogP contribution in [0.2, 0.25) is 5.02 Å². The summed E-state index contributed by atoms with van der Waals surface area (Å²) in [5.41, 5.74) is 0.865. The molecule has 0 amide bonds. The Balaban J connectivity index is 2.43. The summed E-state index contributed by atoms with van der Waals surface area (Å²) in [5, 5.41) is 9.05. The summed E-state index contributed by atoms with van der Waals surface area (Å²) in [6, 6.07) is 3.33. The Morgan fingerprint density at radius 2 is 2.25 bits per heavy atom. The summed E-state index contributed by atoms with van der Waals surface area (Å²) in [4.78, 5) is 33.5. The van der Waals surface area contributed by atoms with E-state index in [1.807, 2.05) is 0 Å². The zero-order valence-electron chi connectivity index (χ0n) is 10.7. The van der Waals surface area contributed by atoms with Gasteiger partial charge in [-0.2, -0.15) is 0 Å². The van der Waals surface area contributed by atoms with E-state index >= 15 is 0 Å². The first-order valence-corrected chi connectivity index (χ1v) is 6.29. The van der Waals surface area contributed by atoms with Crippen molar-refractivity contribution in [2.24, 2.45) is 0 Å². The predicted molar refractivity (Wildman–Crippen MR) is 73.8 cm³/mol. The molecular weight excluding hydrogens is 282 g/mol. The van der Waals surface area contributed by atoms with E-state index in [2.05, 4.69) is 15.0 Å². The molecule has 0 bridgehead atoms. The number of aryl methyl sites for hydroxylation is 1. The highest BCUT2D eigenvalue weighted by Crippen LogP contribution is 2.21. The van der Waals surface area contributed by atoms with Crippen LogP contribution in [0.25, 0.3) is 11.5 Å². The molecule has 6 nitrogen and oxygen atoms in total. The van der Waals surface area contributed by atoms with Gasteiger partial charge in [0.15, 0.2) is 5.82 Å². The number of nitrogens with zero attached hydrogens (tertiary/aromatic N) is 2. The molecule has 104 valence electrons. The second-order valence-electron chi connectivity index (χ2n) is 4.21. The van der Waals surface area contributed by atoms with E-state index in [9.17, 15) is 9.59 Å². The van der Waals surface area contributed by atoms with Gasteiger partial charge in [-0.25, -0.2) is 4.98 Å². The van der Waals surface area contributed by atoms with Crippen LogP contribution in [0.1, 0.15) is 17.7 Å². The largest absolute Gasteiger partial charge is 0.481 e. The van der Waals surface area contributed by atoms with Crippen LogP contribution in [0, 0.1) is 6.92 Å². The maximum Gasteiger partial charge on any atom is 0.303 e. The number of nitrogens with one attached hydrogen (secondary N) is 1. The lowest BCUT2D eigenvalue weighted by Gasteiger charge is -2.07. The maximum atomic E-state index is 12.0. The molecule has 0 aliphatic carbocycles. The summed E-state index contributed by atoms with van der Waals surface area (Å²) in [6.45, 7) is 1.66. The summed E-state index contributed by atoms with van der Waals surface area (Å²) >= 11 is 6.00. The number of carboxylic acid groups (broad SMARTS) is 1. The number of pyridine rings is 1. The molecule has 2 N–H and O–H groups in total. The Kier molecular flexibility index (Phi) is 4.14. The van der Waals surface area contributed by atoms with Crippen molar-refractivity contribution in [3.63, 3.8) is 0 Å². The third kappa shape index (κ3) is 3.03. The summed E-state index contributed by atoms with van der Waals surface area (Å²) in [6.07, 6.45) is 1.57. The minimum atomic E-state index is -0.958. The zero-order valence-corrected chi connectivity index (χ0v) is 11.4. The quantitative estimate of drug-likeness (QED) is 0.896. The first-order valence-electron chi connectivity index (χ1n) is 5.91. The molecule has 0 saturated heterocycles. The van der Waals surface area contributed by atoms with E-state index in [1.165, 1.54) is 0 Å². The van der Waals surface area contributed by atoms with Gasteiger partial charge >= 0.3 is 5.97 Å². The summed E-state index contributed by atoms with van der Waals surface area (Å²) < 4.78 is 0. The molecule has 7 heteroatoms. The summed E-state index contributed by atoms with van der Waals surface area (Å²) in [5.74, 6) is -0.683. The molecule has 2 aromatic heterocycles. The van der Waals surface area contributed by atoms with Gasteiger partial charge < -0.3 is 10.1 Å². The van der Waals surface area contributed by atoms with E-state index < -0.39 is 5.97 Å². The van der Waals surface area contributed by atoms with Crippen molar-refractivity contribution < 1.29 is 9.90 Å². The number of rotatable bonds is 4. The zero-order chi connectivity index (χ0) is 14.7. The van der Waals surface area contributed by atoms with Crippen molar-refractivity contribution in [2.75, 3.05) is 0 Å². The fraction of sp³-hybridized carbons (Fsp3) is 0.231. The lowest BCUT2D eigenvalue weighted by atomic mass is 10.1. The number of H-pyrrole nitrogens is 1. The van der Waals surface area contributed by atoms with E-state index in [1.54, 1.807) is 25.3 Å². The highest BCUT2D eigenvalue weighted by molar-refractivity contribution is 6.32. The van der Waals surface area contributed by atoms with E-state index in [4.69, 9.17) is 16.7 Å². The molecule has 2 aromatic rings. The molecule has 0 fully saturated rings. The third-order valence-electron chi connectivity index (χ3n) is 2.79. The van der Waals surface area contributed by atoms with Gasteiger partial charge in [-0.3, -0.25) is 14.6 Å². The van der Waals surface area contributed by atoms with Crippen LogP contribution < -0.4 is 5.56 Å². The minimum absolute atomic E-state index is 0.116. The first-order chi connectivity index (χ1) is 9.49. The van der Waals surface area contributed by atoms with Crippen LogP contribution in [-0.2, 0) is 11.2 Å². The lowest BCUT2D eigenvalue weighted by molar-refractivity contribution is -0.136. The molecular formula is C13H12ClN3O3. The maximum absolute atomic E-state index is 12.0. The van der Waals surface area contributed by atoms with Gasteiger partial charge in [0.2, 0.25) is 0 Å². The van der Waals surface area contributed by atoms with Crippen LogP contribution in [0.15, 0.2) is 23.1 Å². The molecule has 0 spiro atoms. The van der Waals surface area contributed by atoms with Gasteiger partial charge in [0.25, 0.3) is 5.56 Å².